The minimum atomic E-state index is -2.24. The lowest BCUT2D eigenvalue weighted by molar-refractivity contribution is -0.153. The number of benzene rings is 1. The quantitative estimate of drug-likeness (QED) is 0.869. The summed E-state index contributed by atoms with van der Waals surface area (Å²) in [5.74, 6) is -1.80. The van der Waals surface area contributed by atoms with Crippen LogP contribution < -0.4 is 0 Å². The van der Waals surface area contributed by atoms with E-state index in [4.69, 9.17) is 0 Å². The number of carbonyl (C=O) groups excluding carboxylic acids is 1. The third-order valence-electron chi connectivity index (χ3n) is 2.07. The Hall–Kier alpha value is -1.01. The fraction of sp³-hybridized carbons (Fsp3) is 0.364. The van der Waals surface area contributed by atoms with Crippen LogP contribution >= 0.6 is 15.9 Å². The summed E-state index contributed by atoms with van der Waals surface area (Å²) in [4.78, 5) is 11.1. The van der Waals surface area contributed by atoms with Gasteiger partial charge in [-0.2, -0.15) is 0 Å². The van der Waals surface area contributed by atoms with Gasteiger partial charge in [0, 0.05) is 10.0 Å². The fourth-order valence-electron chi connectivity index (χ4n) is 1.25. The Morgan fingerprint density at radius 1 is 1.59 bits per heavy atom. The molecule has 0 aromatic heterocycles. The van der Waals surface area contributed by atoms with E-state index in [0.717, 1.165) is 12.1 Å². The van der Waals surface area contributed by atoms with E-state index >= 15 is 0 Å². The Morgan fingerprint density at radius 3 is 2.82 bits per heavy atom. The molecule has 2 atom stereocenters. The lowest BCUT2D eigenvalue weighted by Gasteiger charge is -2.16. The Kier molecular flexibility index (Phi) is 5.02. The maximum absolute atomic E-state index is 13.5. The number of esters is 1. The second-order valence-electron chi connectivity index (χ2n) is 3.26. The van der Waals surface area contributed by atoms with Crippen molar-refractivity contribution in [3.05, 3.63) is 34.1 Å². The van der Waals surface area contributed by atoms with Crippen molar-refractivity contribution < 1.29 is 23.4 Å². The first kappa shape index (κ1) is 14.1. The molecule has 17 heavy (non-hydrogen) atoms. The van der Waals surface area contributed by atoms with Crippen molar-refractivity contribution in [1.82, 2.24) is 0 Å². The second-order valence-corrected chi connectivity index (χ2v) is 4.12. The molecule has 0 spiro atoms. The van der Waals surface area contributed by atoms with Crippen LogP contribution in [0, 0.1) is 5.82 Å². The molecule has 94 valence electrons. The summed E-state index contributed by atoms with van der Waals surface area (Å²) in [5, 5.41) is 9.62. The van der Waals surface area contributed by atoms with Gasteiger partial charge in [0.2, 0.25) is 6.17 Å². The van der Waals surface area contributed by atoms with E-state index in [-0.39, 0.29) is 12.2 Å². The molecule has 0 fully saturated rings. The third kappa shape index (κ3) is 3.47. The van der Waals surface area contributed by atoms with Crippen molar-refractivity contribution in [2.24, 2.45) is 0 Å². The molecular weight excluding hydrogens is 298 g/mol. The highest BCUT2D eigenvalue weighted by molar-refractivity contribution is 9.10. The van der Waals surface area contributed by atoms with Gasteiger partial charge >= 0.3 is 5.97 Å². The third-order valence-corrected chi connectivity index (χ3v) is 2.79. The van der Waals surface area contributed by atoms with E-state index in [1.54, 1.807) is 0 Å². The number of aliphatic hydroxyl groups is 1. The van der Waals surface area contributed by atoms with E-state index in [2.05, 4.69) is 20.7 Å². The van der Waals surface area contributed by atoms with Crippen LogP contribution in [0.2, 0.25) is 0 Å². The van der Waals surface area contributed by atoms with Crippen LogP contribution in [0.3, 0.4) is 0 Å². The number of alkyl halides is 1. The molecule has 6 heteroatoms. The van der Waals surface area contributed by atoms with Gasteiger partial charge in [0.25, 0.3) is 0 Å². The van der Waals surface area contributed by atoms with Gasteiger partial charge in [-0.05, 0) is 25.1 Å². The molecule has 2 unspecified atom stereocenters. The van der Waals surface area contributed by atoms with E-state index in [9.17, 15) is 18.7 Å². The molecule has 1 rings (SSSR count). The average molecular weight is 309 g/mol. The van der Waals surface area contributed by atoms with Crippen LogP contribution in [-0.4, -0.2) is 23.9 Å². The van der Waals surface area contributed by atoms with E-state index < -0.39 is 24.1 Å². The van der Waals surface area contributed by atoms with Gasteiger partial charge in [0.1, 0.15) is 11.9 Å². The van der Waals surface area contributed by atoms with Gasteiger partial charge in [-0.25, -0.2) is 13.6 Å². The monoisotopic (exact) mass is 308 g/mol. The van der Waals surface area contributed by atoms with Crippen molar-refractivity contribution >= 4 is 21.9 Å². The van der Waals surface area contributed by atoms with Gasteiger partial charge in [0.15, 0.2) is 0 Å². The van der Waals surface area contributed by atoms with Crippen molar-refractivity contribution in [2.45, 2.75) is 19.2 Å². The molecule has 0 amide bonds. The molecule has 0 aliphatic rings. The molecule has 0 heterocycles. The number of ether oxygens (including phenoxy) is 1. The zero-order chi connectivity index (χ0) is 13.0. The van der Waals surface area contributed by atoms with Crippen LogP contribution in [0.4, 0.5) is 8.78 Å². The van der Waals surface area contributed by atoms with Crippen molar-refractivity contribution in [3.63, 3.8) is 0 Å². The Bertz CT molecular complexity index is 412. The van der Waals surface area contributed by atoms with Crippen molar-refractivity contribution in [1.29, 1.82) is 0 Å². The second kappa shape index (κ2) is 6.07. The van der Waals surface area contributed by atoms with Crippen LogP contribution in [0.25, 0.3) is 0 Å². The van der Waals surface area contributed by atoms with Crippen molar-refractivity contribution in [2.75, 3.05) is 6.61 Å². The summed E-state index contributed by atoms with van der Waals surface area (Å²) in [6, 6.07) is 3.43. The zero-order valence-electron chi connectivity index (χ0n) is 8.99. The number of hydrogen-bond donors (Lipinski definition) is 1. The van der Waals surface area contributed by atoms with E-state index in [1.807, 2.05) is 0 Å². The Balaban J connectivity index is 2.91. The average Bonchev–Trinajstić information content (AvgIpc) is 2.30. The summed E-state index contributed by atoms with van der Waals surface area (Å²) < 4.78 is 31.2. The summed E-state index contributed by atoms with van der Waals surface area (Å²) in [6.07, 6.45) is -4.01. The predicted octanol–water partition coefficient (Wildman–Crippen LogP) is 2.52. The number of aliphatic hydroxyl groups excluding tert-OH is 1. The molecule has 3 nitrogen and oxygen atoms in total. The molecule has 0 aliphatic heterocycles. The molecule has 1 aromatic rings. The molecule has 0 radical (unpaired) electrons. The normalized spacial score (nSPS) is 14.2. The van der Waals surface area contributed by atoms with Gasteiger partial charge in [-0.1, -0.05) is 15.9 Å². The van der Waals surface area contributed by atoms with Crippen molar-refractivity contribution in [3.8, 4) is 0 Å². The van der Waals surface area contributed by atoms with E-state index in [1.165, 1.54) is 13.0 Å². The topological polar surface area (TPSA) is 46.5 Å². The smallest absolute Gasteiger partial charge is 0.343 e. The molecule has 1 N–H and O–H groups in total. The zero-order valence-corrected chi connectivity index (χ0v) is 10.6. The fourth-order valence-corrected chi connectivity index (χ4v) is 1.73. The molecule has 0 bridgehead atoms. The highest BCUT2D eigenvalue weighted by Crippen LogP contribution is 2.28. The lowest BCUT2D eigenvalue weighted by atomic mass is 10.1. The largest absolute Gasteiger partial charge is 0.464 e. The van der Waals surface area contributed by atoms with Crippen LogP contribution in [0.15, 0.2) is 22.7 Å². The summed E-state index contributed by atoms with van der Waals surface area (Å²) in [6.45, 7) is 1.53. The van der Waals surface area contributed by atoms with Crippen LogP contribution in [-0.2, 0) is 9.53 Å². The molecule has 0 saturated heterocycles. The number of rotatable bonds is 4. The molecule has 1 aromatic carbocycles. The first-order chi connectivity index (χ1) is 7.97. The Morgan fingerprint density at radius 2 is 2.24 bits per heavy atom. The van der Waals surface area contributed by atoms with Gasteiger partial charge in [-0.3, -0.25) is 0 Å². The SMILES string of the molecule is CCOC(=O)C(F)C(O)c1cc(F)ccc1Br. The lowest BCUT2D eigenvalue weighted by Crippen LogP contribution is -2.26. The molecule has 0 saturated carbocycles. The summed E-state index contributed by atoms with van der Waals surface area (Å²) in [5.41, 5.74) is -0.0365. The number of halogens is 3. The highest BCUT2D eigenvalue weighted by Gasteiger charge is 2.30. The van der Waals surface area contributed by atoms with Gasteiger partial charge < -0.3 is 9.84 Å². The summed E-state index contributed by atoms with van der Waals surface area (Å²) >= 11 is 3.04. The van der Waals surface area contributed by atoms with Crippen LogP contribution in [0.1, 0.15) is 18.6 Å². The predicted molar refractivity (Wildman–Crippen MR) is 60.6 cm³/mol. The highest BCUT2D eigenvalue weighted by atomic mass is 79.9. The van der Waals surface area contributed by atoms with Crippen LogP contribution in [0.5, 0.6) is 0 Å². The number of hydrogen-bond acceptors (Lipinski definition) is 3. The Labute approximate surface area is 106 Å². The van der Waals surface area contributed by atoms with Gasteiger partial charge in [-0.15, -0.1) is 0 Å². The summed E-state index contributed by atoms with van der Waals surface area (Å²) in [7, 11) is 0. The maximum atomic E-state index is 13.5. The number of carbonyl (C=O) groups is 1. The molecule has 0 aliphatic carbocycles. The minimum Gasteiger partial charge on any atom is -0.464 e. The van der Waals surface area contributed by atoms with Gasteiger partial charge in [0.05, 0.1) is 6.61 Å². The first-order valence-corrected chi connectivity index (χ1v) is 5.70. The van der Waals surface area contributed by atoms with E-state index in [0.29, 0.717) is 4.47 Å². The first-order valence-electron chi connectivity index (χ1n) is 4.91. The maximum Gasteiger partial charge on any atom is 0.343 e. The standard InChI is InChI=1S/C11H11BrF2O3/c1-2-17-11(16)9(14)10(15)7-5-6(13)3-4-8(7)12/h3-5,9-10,15H,2H2,1H3. The molecular formula is C11H11BrF2O3. The minimum absolute atomic E-state index is 0.0102.